The molecule has 0 aliphatic carbocycles. The van der Waals surface area contributed by atoms with E-state index in [4.69, 9.17) is 0 Å². The number of sulfonamides is 1. The molecular weight excluding hydrogens is 364 g/mol. The Morgan fingerprint density at radius 2 is 1.77 bits per heavy atom. The highest BCUT2D eigenvalue weighted by Gasteiger charge is 2.26. The average Bonchev–Trinajstić information content (AvgIpc) is 3.26. The zero-order valence-corrected chi connectivity index (χ0v) is 16.9. The molecule has 0 aliphatic rings. The molecule has 0 amide bonds. The molecule has 0 N–H and O–H groups in total. The van der Waals surface area contributed by atoms with Gasteiger partial charge < -0.3 is 4.57 Å². The van der Waals surface area contributed by atoms with Crippen LogP contribution in [0.4, 0.5) is 0 Å². The van der Waals surface area contributed by atoms with Crippen molar-refractivity contribution in [2.45, 2.75) is 37.8 Å². The van der Waals surface area contributed by atoms with Gasteiger partial charge in [0, 0.05) is 30.4 Å². The number of aryl methyl sites for hydroxylation is 1. The monoisotopic (exact) mass is 388 g/mol. The van der Waals surface area contributed by atoms with Crippen molar-refractivity contribution in [3.63, 3.8) is 0 Å². The van der Waals surface area contributed by atoms with Gasteiger partial charge in [-0.05, 0) is 47.2 Å². The molecule has 0 spiro atoms. The summed E-state index contributed by atoms with van der Waals surface area (Å²) in [5.41, 5.74) is 2.10. The Hall–Kier alpha value is -1.89. The molecule has 138 valence electrons. The van der Waals surface area contributed by atoms with E-state index in [0.29, 0.717) is 23.9 Å². The SMILES string of the molecule is CC(C)c1ccc(S(=O)(=O)N(Cc2cccs2)Cc2cccn2C)cc1. The van der Waals surface area contributed by atoms with Crippen molar-refractivity contribution in [2.75, 3.05) is 0 Å². The van der Waals surface area contributed by atoms with Gasteiger partial charge in [0.1, 0.15) is 0 Å². The molecule has 3 aromatic rings. The van der Waals surface area contributed by atoms with Crippen LogP contribution in [0.3, 0.4) is 0 Å². The predicted octanol–water partition coefficient (Wildman–Crippen LogP) is 4.60. The fourth-order valence-corrected chi connectivity index (χ4v) is 5.01. The minimum Gasteiger partial charge on any atom is -0.353 e. The van der Waals surface area contributed by atoms with E-state index in [1.165, 1.54) is 0 Å². The lowest BCUT2D eigenvalue weighted by molar-refractivity contribution is 0.395. The summed E-state index contributed by atoms with van der Waals surface area (Å²) >= 11 is 1.57. The molecule has 0 radical (unpaired) electrons. The number of hydrogen-bond acceptors (Lipinski definition) is 3. The largest absolute Gasteiger partial charge is 0.353 e. The van der Waals surface area contributed by atoms with E-state index in [9.17, 15) is 8.42 Å². The second kappa shape index (κ2) is 7.78. The van der Waals surface area contributed by atoms with Gasteiger partial charge in [0.25, 0.3) is 0 Å². The first-order valence-electron chi connectivity index (χ1n) is 8.60. The van der Waals surface area contributed by atoms with Crippen molar-refractivity contribution in [3.8, 4) is 0 Å². The van der Waals surface area contributed by atoms with Gasteiger partial charge in [-0.3, -0.25) is 0 Å². The summed E-state index contributed by atoms with van der Waals surface area (Å²) in [6.07, 6.45) is 1.93. The minimum atomic E-state index is -3.59. The molecular formula is C20H24N2O2S2. The van der Waals surface area contributed by atoms with Gasteiger partial charge in [0.2, 0.25) is 10.0 Å². The molecule has 2 aromatic heterocycles. The zero-order chi connectivity index (χ0) is 18.7. The molecule has 0 bridgehead atoms. The number of thiophene rings is 1. The highest BCUT2D eigenvalue weighted by atomic mass is 32.2. The van der Waals surface area contributed by atoms with Gasteiger partial charge in [-0.2, -0.15) is 4.31 Å². The highest BCUT2D eigenvalue weighted by Crippen LogP contribution is 2.24. The number of rotatable bonds is 7. The van der Waals surface area contributed by atoms with E-state index in [1.807, 2.05) is 59.6 Å². The third-order valence-corrected chi connectivity index (χ3v) is 7.15. The first-order chi connectivity index (χ1) is 12.4. The van der Waals surface area contributed by atoms with Gasteiger partial charge >= 0.3 is 0 Å². The quantitative estimate of drug-likeness (QED) is 0.593. The van der Waals surface area contributed by atoms with Crippen LogP contribution >= 0.6 is 11.3 Å². The van der Waals surface area contributed by atoms with Crippen molar-refractivity contribution in [1.29, 1.82) is 0 Å². The maximum atomic E-state index is 13.3. The molecule has 6 heteroatoms. The van der Waals surface area contributed by atoms with Crippen LogP contribution in [-0.4, -0.2) is 17.3 Å². The maximum Gasteiger partial charge on any atom is 0.243 e. The van der Waals surface area contributed by atoms with Crippen molar-refractivity contribution in [3.05, 3.63) is 76.2 Å². The van der Waals surface area contributed by atoms with Crippen molar-refractivity contribution in [1.82, 2.24) is 8.87 Å². The summed E-state index contributed by atoms with van der Waals surface area (Å²) in [6.45, 7) is 4.91. The number of hydrogen-bond donors (Lipinski definition) is 0. The molecule has 26 heavy (non-hydrogen) atoms. The maximum absolute atomic E-state index is 13.3. The first-order valence-corrected chi connectivity index (χ1v) is 10.9. The van der Waals surface area contributed by atoms with Crippen molar-refractivity contribution < 1.29 is 8.42 Å². The fourth-order valence-electron chi connectivity index (χ4n) is 2.82. The summed E-state index contributed by atoms with van der Waals surface area (Å²) in [5, 5.41) is 1.97. The Morgan fingerprint density at radius 3 is 2.31 bits per heavy atom. The summed E-state index contributed by atoms with van der Waals surface area (Å²) in [7, 11) is -1.65. The first kappa shape index (κ1) is 18.9. The van der Waals surface area contributed by atoms with Gasteiger partial charge in [0.15, 0.2) is 0 Å². The lowest BCUT2D eigenvalue weighted by Crippen LogP contribution is -2.30. The normalized spacial score (nSPS) is 12.2. The molecule has 1 aromatic carbocycles. The lowest BCUT2D eigenvalue weighted by atomic mass is 10.0. The van der Waals surface area contributed by atoms with Crippen molar-refractivity contribution >= 4 is 21.4 Å². The van der Waals surface area contributed by atoms with Crippen LogP contribution in [0.25, 0.3) is 0 Å². The second-order valence-electron chi connectivity index (χ2n) is 6.69. The van der Waals surface area contributed by atoms with Gasteiger partial charge in [-0.15, -0.1) is 11.3 Å². The predicted molar refractivity (Wildman–Crippen MR) is 107 cm³/mol. The topological polar surface area (TPSA) is 42.3 Å². The van der Waals surface area contributed by atoms with Gasteiger partial charge in [-0.25, -0.2) is 8.42 Å². The number of nitrogens with zero attached hydrogens (tertiary/aromatic N) is 2. The van der Waals surface area contributed by atoms with Crippen molar-refractivity contribution in [2.24, 2.45) is 7.05 Å². The molecule has 0 unspecified atom stereocenters. The van der Waals surface area contributed by atoms with Crippen LogP contribution in [-0.2, 0) is 30.2 Å². The van der Waals surface area contributed by atoms with Crippen LogP contribution in [0.15, 0.2) is 65.0 Å². The third-order valence-electron chi connectivity index (χ3n) is 4.49. The Balaban J connectivity index is 1.94. The average molecular weight is 389 g/mol. The zero-order valence-electron chi connectivity index (χ0n) is 15.3. The summed E-state index contributed by atoms with van der Waals surface area (Å²) in [5.74, 6) is 0.373. The molecule has 0 aliphatic heterocycles. The lowest BCUT2D eigenvalue weighted by Gasteiger charge is -2.22. The van der Waals surface area contributed by atoms with E-state index in [1.54, 1.807) is 27.8 Å². The molecule has 0 saturated heterocycles. The molecule has 4 nitrogen and oxygen atoms in total. The molecule has 2 heterocycles. The van der Waals surface area contributed by atoms with Gasteiger partial charge in [-0.1, -0.05) is 32.0 Å². The number of benzene rings is 1. The molecule has 0 atom stereocenters. The van der Waals surface area contributed by atoms with Gasteiger partial charge in [0.05, 0.1) is 11.4 Å². The molecule has 0 fully saturated rings. The Morgan fingerprint density at radius 1 is 1.04 bits per heavy atom. The van der Waals surface area contributed by atoms with Crippen LogP contribution in [0.2, 0.25) is 0 Å². The Bertz CT molecular complexity index is 940. The van der Waals surface area contributed by atoms with Crippen LogP contribution in [0.1, 0.15) is 35.9 Å². The van der Waals surface area contributed by atoms with E-state index < -0.39 is 10.0 Å². The molecule has 0 saturated carbocycles. The second-order valence-corrected chi connectivity index (χ2v) is 9.66. The summed E-state index contributed by atoms with van der Waals surface area (Å²) < 4.78 is 30.1. The highest BCUT2D eigenvalue weighted by molar-refractivity contribution is 7.89. The summed E-state index contributed by atoms with van der Waals surface area (Å²) in [6, 6.07) is 15.1. The Labute approximate surface area is 159 Å². The van der Waals surface area contributed by atoms with E-state index >= 15 is 0 Å². The van der Waals surface area contributed by atoms with E-state index in [2.05, 4.69) is 13.8 Å². The smallest absolute Gasteiger partial charge is 0.243 e. The van der Waals surface area contributed by atoms with Crippen LogP contribution in [0.5, 0.6) is 0 Å². The van der Waals surface area contributed by atoms with E-state index in [-0.39, 0.29) is 0 Å². The standard InChI is InChI=1S/C20H24N2O2S2/c1-16(2)17-8-10-20(11-9-17)26(23,24)22(15-19-7-5-13-25-19)14-18-6-4-12-21(18)3/h4-13,16H,14-15H2,1-3H3. The summed E-state index contributed by atoms with van der Waals surface area (Å²) in [4.78, 5) is 1.37. The minimum absolute atomic E-state index is 0.340. The Kier molecular flexibility index (Phi) is 5.65. The fraction of sp³-hybridized carbons (Fsp3) is 0.300. The molecule has 3 rings (SSSR count). The van der Waals surface area contributed by atoms with Crippen LogP contribution < -0.4 is 0 Å². The third kappa shape index (κ3) is 4.09. The number of aromatic nitrogens is 1. The van der Waals surface area contributed by atoms with E-state index in [0.717, 1.165) is 16.1 Å². The van der Waals surface area contributed by atoms with Crippen LogP contribution in [0, 0.1) is 0 Å².